The molecule has 2 N–H and O–H groups in total. The molecule has 0 aromatic carbocycles. The largest absolute Gasteiger partial charge is 0.328 e. The maximum atomic E-state index is 5.78. The molecule has 0 amide bonds. The topological polar surface area (TPSA) is 42.1 Å². The van der Waals surface area contributed by atoms with E-state index in [1.165, 1.54) is 5.56 Å². The maximum Gasteiger partial charge on any atom is 0.0551 e. The van der Waals surface area contributed by atoms with Gasteiger partial charge in [-0.2, -0.15) is 0 Å². The summed E-state index contributed by atoms with van der Waals surface area (Å²) >= 11 is 0. The minimum Gasteiger partial charge on any atom is -0.328 e. The van der Waals surface area contributed by atoms with Gasteiger partial charge in [0.15, 0.2) is 0 Å². The summed E-state index contributed by atoms with van der Waals surface area (Å²) in [6.07, 6.45) is 3.60. The molecule has 1 rings (SSSR count). The van der Waals surface area contributed by atoms with Gasteiger partial charge in [0.2, 0.25) is 0 Å². The standard InChI is InChI=1S/C10H17N3/c1-10(8-11,13(2)3)9-4-6-12-7-5-9/h4-7H,8,11H2,1-3H3. The van der Waals surface area contributed by atoms with Gasteiger partial charge in [0, 0.05) is 18.9 Å². The molecule has 72 valence electrons. The Morgan fingerprint density at radius 3 is 2.31 bits per heavy atom. The van der Waals surface area contributed by atoms with E-state index in [-0.39, 0.29) is 5.54 Å². The second kappa shape index (κ2) is 3.85. The first-order valence-electron chi connectivity index (χ1n) is 4.39. The van der Waals surface area contributed by atoms with E-state index in [0.717, 1.165) is 0 Å². The fourth-order valence-corrected chi connectivity index (χ4v) is 1.27. The summed E-state index contributed by atoms with van der Waals surface area (Å²) in [5.41, 5.74) is 6.89. The Bertz CT molecular complexity index is 258. The monoisotopic (exact) mass is 179 g/mol. The van der Waals surface area contributed by atoms with Gasteiger partial charge in [-0.05, 0) is 38.7 Å². The number of pyridine rings is 1. The van der Waals surface area contributed by atoms with Gasteiger partial charge in [-0.1, -0.05) is 0 Å². The molecule has 0 bridgehead atoms. The predicted molar refractivity (Wildman–Crippen MR) is 54.3 cm³/mol. The molecule has 13 heavy (non-hydrogen) atoms. The van der Waals surface area contributed by atoms with Crippen LogP contribution in [0.1, 0.15) is 12.5 Å². The highest BCUT2D eigenvalue weighted by molar-refractivity contribution is 5.21. The van der Waals surface area contributed by atoms with Crippen molar-refractivity contribution in [3.05, 3.63) is 30.1 Å². The van der Waals surface area contributed by atoms with Crippen LogP contribution in [0.4, 0.5) is 0 Å². The molecule has 3 nitrogen and oxygen atoms in total. The minimum atomic E-state index is -0.0943. The van der Waals surface area contributed by atoms with Crippen molar-refractivity contribution >= 4 is 0 Å². The van der Waals surface area contributed by atoms with Crippen molar-refractivity contribution in [2.24, 2.45) is 5.73 Å². The van der Waals surface area contributed by atoms with Crippen molar-refractivity contribution in [3.8, 4) is 0 Å². The fourth-order valence-electron chi connectivity index (χ4n) is 1.27. The third-order valence-corrected chi connectivity index (χ3v) is 2.69. The summed E-state index contributed by atoms with van der Waals surface area (Å²) in [6, 6.07) is 4.01. The molecule has 1 unspecified atom stereocenters. The summed E-state index contributed by atoms with van der Waals surface area (Å²) in [7, 11) is 4.07. The SMILES string of the molecule is CN(C)C(C)(CN)c1ccncc1. The molecule has 0 fully saturated rings. The minimum absolute atomic E-state index is 0.0943. The number of hydrogen-bond acceptors (Lipinski definition) is 3. The van der Waals surface area contributed by atoms with Crippen LogP contribution in [0.5, 0.6) is 0 Å². The van der Waals surface area contributed by atoms with Crippen LogP contribution in [0.15, 0.2) is 24.5 Å². The Morgan fingerprint density at radius 1 is 1.38 bits per heavy atom. The Hall–Kier alpha value is -0.930. The lowest BCUT2D eigenvalue weighted by molar-refractivity contribution is 0.183. The van der Waals surface area contributed by atoms with Crippen LogP contribution in [-0.2, 0) is 5.54 Å². The number of nitrogens with zero attached hydrogens (tertiary/aromatic N) is 2. The Kier molecular flexibility index (Phi) is 3.01. The lowest BCUT2D eigenvalue weighted by Gasteiger charge is -2.35. The lowest BCUT2D eigenvalue weighted by atomic mass is 9.92. The first-order valence-corrected chi connectivity index (χ1v) is 4.39. The van der Waals surface area contributed by atoms with Gasteiger partial charge in [-0.3, -0.25) is 9.88 Å². The zero-order valence-corrected chi connectivity index (χ0v) is 8.49. The molecule has 1 heterocycles. The average molecular weight is 179 g/mol. The molecule has 0 aliphatic rings. The van der Waals surface area contributed by atoms with Crippen molar-refractivity contribution in [1.82, 2.24) is 9.88 Å². The molecule has 0 saturated heterocycles. The van der Waals surface area contributed by atoms with E-state index >= 15 is 0 Å². The quantitative estimate of drug-likeness (QED) is 0.747. The van der Waals surface area contributed by atoms with Crippen LogP contribution in [0.2, 0.25) is 0 Å². The van der Waals surface area contributed by atoms with E-state index in [4.69, 9.17) is 5.73 Å². The summed E-state index contributed by atoms with van der Waals surface area (Å²) < 4.78 is 0. The molecule has 1 aromatic heterocycles. The van der Waals surface area contributed by atoms with Gasteiger partial charge < -0.3 is 5.73 Å². The number of rotatable bonds is 3. The molecular weight excluding hydrogens is 162 g/mol. The summed E-state index contributed by atoms with van der Waals surface area (Å²) in [5, 5.41) is 0. The van der Waals surface area contributed by atoms with Crippen LogP contribution < -0.4 is 5.73 Å². The first kappa shape index (κ1) is 10.2. The molecular formula is C10H17N3. The fraction of sp³-hybridized carbons (Fsp3) is 0.500. The van der Waals surface area contributed by atoms with E-state index in [2.05, 4.69) is 16.8 Å². The predicted octanol–water partition coefficient (Wildman–Crippen LogP) is 0.817. The zero-order valence-electron chi connectivity index (χ0n) is 8.49. The Morgan fingerprint density at radius 2 is 1.92 bits per heavy atom. The normalized spacial score (nSPS) is 15.8. The van der Waals surface area contributed by atoms with Crippen LogP contribution in [0.25, 0.3) is 0 Å². The third kappa shape index (κ3) is 1.87. The van der Waals surface area contributed by atoms with E-state index in [0.29, 0.717) is 6.54 Å². The van der Waals surface area contributed by atoms with E-state index in [1.54, 1.807) is 12.4 Å². The molecule has 0 spiro atoms. The van der Waals surface area contributed by atoms with Gasteiger partial charge in [-0.25, -0.2) is 0 Å². The van der Waals surface area contributed by atoms with E-state index in [9.17, 15) is 0 Å². The summed E-state index contributed by atoms with van der Waals surface area (Å²) in [4.78, 5) is 6.12. The summed E-state index contributed by atoms with van der Waals surface area (Å²) in [6.45, 7) is 2.73. The highest BCUT2D eigenvalue weighted by Crippen LogP contribution is 2.23. The molecule has 1 aromatic rings. The van der Waals surface area contributed by atoms with Gasteiger partial charge in [0.25, 0.3) is 0 Å². The summed E-state index contributed by atoms with van der Waals surface area (Å²) in [5.74, 6) is 0. The second-order valence-electron chi connectivity index (χ2n) is 3.61. The Balaban J connectivity index is 3.03. The smallest absolute Gasteiger partial charge is 0.0551 e. The highest BCUT2D eigenvalue weighted by atomic mass is 15.1. The number of likely N-dealkylation sites (N-methyl/N-ethyl adjacent to an activating group) is 1. The average Bonchev–Trinajstić information content (AvgIpc) is 2.17. The molecule has 3 heteroatoms. The molecule has 0 radical (unpaired) electrons. The van der Waals surface area contributed by atoms with Gasteiger partial charge in [0.1, 0.15) is 0 Å². The first-order chi connectivity index (χ1) is 6.11. The van der Waals surface area contributed by atoms with Crippen molar-refractivity contribution in [3.63, 3.8) is 0 Å². The number of aromatic nitrogens is 1. The van der Waals surface area contributed by atoms with Crippen molar-refractivity contribution < 1.29 is 0 Å². The van der Waals surface area contributed by atoms with E-state index in [1.807, 2.05) is 26.2 Å². The second-order valence-corrected chi connectivity index (χ2v) is 3.61. The number of hydrogen-bond donors (Lipinski definition) is 1. The highest BCUT2D eigenvalue weighted by Gasteiger charge is 2.26. The van der Waals surface area contributed by atoms with Crippen LogP contribution in [0.3, 0.4) is 0 Å². The van der Waals surface area contributed by atoms with Crippen LogP contribution in [0, 0.1) is 0 Å². The third-order valence-electron chi connectivity index (χ3n) is 2.69. The van der Waals surface area contributed by atoms with Gasteiger partial charge >= 0.3 is 0 Å². The number of nitrogens with two attached hydrogens (primary N) is 1. The van der Waals surface area contributed by atoms with Crippen molar-refractivity contribution in [2.45, 2.75) is 12.5 Å². The molecule has 0 saturated carbocycles. The van der Waals surface area contributed by atoms with Gasteiger partial charge in [0.05, 0.1) is 5.54 Å². The maximum absolute atomic E-state index is 5.78. The van der Waals surface area contributed by atoms with Crippen LogP contribution in [-0.4, -0.2) is 30.5 Å². The molecule has 0 aliphatic heterocycles. The Labute approximate surface area is 79.6 Å². The zero-order chi connectivity index (χ0) is 9.90. The van der Waals surface area contributed by atoms with Crippen molar-refractivity contribution in [2.75, 3.05) is 20.6 Å². The van der Waals surface area contributed by atoms with Crippen LogP contribution >= 0.6 is 0 Å². The van der Waals surface area contributed by atoms with E-state index < -0.39 is 0 Å². The van der Waals surface area contributed by atoms with Crippen molar-refractivity contribution in [1.29, 1.82) is 0 Å². The van der Waals surface area contributed by atoms with Gasteiger partial charge in [-0.15, -0.1) is 0 Å². The lowest BCUT2D eigenvalue weighted by Crippen LogP contribution is -2.44. The molecule has 1 atom stereocenters. The molecule has 0 aliphatic carbocycles.